The Labute approximate surface area is 185 Å². The third-order valence-corrected chi connectivity index (χ3v) is 6.02. The summed E-state index contributed by atoms with van der Waals surface area (Å²) in [5.41, 5.74) is 2.73. The van der Waals surface area contributed by atoms with Crippen molar-refractivity contribution in [3.05, 3.63) is 63.5 Å². The zero-order valence-electron chi connectivity index (χ0n) is 16.9. The fourth-order valence-corrected chi connectivity index (χ4v) is 4.28. The molecule has 1 amide bonds. The molecule has 7 heteroatoms. The molecule has 0 aliphatic carbocycles. The maximum atomic E-state index is 13.3. The van der Waals surface area contributed by atoms with Gasteiger partial charge in [0.1, 0.15) is 18.5 Å². The fourth-order valence-electron chi connectivity index (χ4n) is 3.04. The minimum absolute atomic E-state index is 0.0773. The van der Waals surface area contributed by atoms with Crippen molar-refractivity contribution in [3.8, 4) is 5.75 Å². The molecular formula is C23H23ClN2O3S. The Kier molecular flexibility index (Phi) is 6.46. The van der Waals surface area contributed by atoms with Crippen molar-refractivity contribution in [1.29, 1.82) is 0 Å². The van der Waals surface area contributed by atoms with Crippen LogP contribution in [-0.4, -0.2) is 36.9 Å². The number of aryl methyl sites for hydroxylation is 1. The van der Waals surface area contributed by atoms with Gasteiger partial charge in [-0.25, -0.2) is 0 Å². The Hall–Kier alpha value is -2.28. The number of nitrogens with zero attached hydrogens (tertiary/aromatic N) is 2. The monoisotopic (exact) mass is 442 g/mol. The van der Waals surface area contributed by atoms with Crippen LogP contribution in [0.2, 0.25) is 5.02 Å². The van der Waals surface area contributed by atoms with E-state index < -0.39 is 0 Å². The van der Waals surface area contributed by atoms with E-state index in [1.54, 1.807) is 4.90 Å². The molecule has 4 rings (SSSR count). The summed E-state index contributed by atoms with van der Waals surface area (Å²) in [6, 6.07) is 13.4. The number of hydrogen-bond acceptors (Lipinski definition) is 5. The lowest BCUT2D eigenvalue weighted by Gasteiger charge is -2.18. The van der Waals surface area contributed by atoms with Crippen LogP contribution in [0, 0.1) is 6.92 Å². The number of ether oxygens (including phenoxy) is 2. The van der Waals surface area contributed by atoms with Crippen molar-refractivity contribution in [2.24, 2.45) is 4.99 Å². The molecule has 0 unspecified atom stereocenters. The van der Waals surface area contributed by atoms with E-state index in [1.165, 1.54) is 11.8 Å². The Balaban J connectivity index is 1.60. The van der Waals surface area contributed by atoms with Crippen LogP contribution in [0.25, 0.3) is 6.08 Å². The molecule has 5 nitrogen and oxygen atoms in total. The second-order valence-electron chi connectivity index (χ2n) is 7.16. The largest absolute Gasteiger partial charge is 0.489 e. The van der Waals surface area contributed by atoms with Crippen LogP contribution in [0.15, 0.2) is 52.4 Å². The van der Waals surface area contributed by atoms with Gasteiger partial charge >= 0.3 is 0 Å². The molecule has 1 atom stereocenters. The summed E-state index contributed by atoms with van der Waals surface area (Å²) < 4.78 is 10.8. The van der Waals surface area contributed by atoms with Crippen LogP contribution in [0.4, 0.5) is 5.69 Å². The van der Waals surface area contributed by atoms with Crippen molar-refractivity contribution >= 4 is 46.2 Å². The molecule has 2 aromatic rings. The molecule has 30 heavy (non-hydrogen) atoms. The highest BCUT2D eigenvalue weighted by Crippen LogP contribution is 2.38. The lowest BCUT2D eigenvalue weighted by Crippen LogP contribution is -2.29. The van der Waals surface area contributed by atoms with Crippen LogP contribution >= 0.6 is 23.4 Å². The SMILES string of the molecule is CCC/N=C1/S/C(=C\c2ccc(OC[C@@H]3CO3)c(Cl)c2)C(=O)N1c1ccccc1C. The third-order valence-electron chi connectivity index (χ3n) is 4.71. The van der Waals surface area contributed by atoms with E-state index in [2.05, 4.69) is 11.9 Å². The number of epoxide rings is 1. The molecule has 2 aliphatic rings. The van der Waals surface area contributed by atoms with Gasteiger partial charge in [0.15, 0.2) is 5.17 Å². The number of benzene rings is 2. The molecule has 156 valence electrons. The Morgan fingerprint density at radius 2 is 2.13 bits per heavy atom. The van der Waals surface area contributed by atoms with Crippen LogP contribution < -0.4 is 9.64 Å². The number of amidine groups is 1. The molecule has 0 radical (unpaired) electrons. The number of aliphatic imine (C=N–C) groups is 1. The van der Waals surface area contributed by atoms with Gasteiger partial charge in [-0.15, -0.1) is 0 Å². The van der Waals surface area contributed by atoms with Gasteiger partial charge in [0, 0.05) is 6.54 Å². The molecule has 2 aliphatic heterocycles. The molecular weight excluding hydrogens is 420 g/mol. The topological polar surface area (TPSA) is 54.4 Å². The molecule has 2 aromatic carbocycles. The molecule has 2 fully saturated rings. The number of rotatable bonds is 7. The number of para-hydroxylation sites is 1. The minimum Gasteiger partial charge on any atom is -0.489 e. The number of halogens is 1. The van der Waals surface area contributed by atoms with E-state index in [0.29, 0.717) is 34.0 Å². The van der Waals surface area contributed by atoms with Crippen LogP contribution in [-0.2, 0) is 9.53 Å². The second-order valence-corrected chi connectivity index (χ2v) is 8.57. The predicted molar refractivity (Wildman–Crippen MR) is 124 cm³/mol. The Morgan fingerprint density at radius 1 is 1.33 bits per heavy atom. The number of thioether (sulfide) groups is 1. The van der Waals surface area contributed by atoms with Crippen LogP contribution in [0.1, 0.15) is 24.5 Å². The highest BCUT2D eigenvalue weighted by atomic mass is 35.5. The van der Waals surface area contributed by atoms with E-state index >= 15 is 0 Å². The Morgan fingerprint density at radius 3 is 2.83 bits per heavy atom. The maximum Gasteiger partial charge on any atom is 0.271 e. The van der Waals surface area contributed by atoms with Gasteiger partial charge in [0.25, 0.3) is 5.91 Å². The summed E-state index contributed by atoms with van der Waals surface area (Å²) in [7, 11) is 0. The summed E-state index contributed by atoms with van der Waals surface area (Å²) >= 11 is 7.77. The summed E-state index contributed by atoms with van der Waals surface area (Å²) in [4.78, 5) is 20.2. The first-order valence-corrected chi connectivity index (χ1v) is 11.1. The Bertz CT molecular complexity index is 1020. The fraction of sp³-hybridized carbons (Fsp3) is 0.304. The van der Waals surface area contributed by atoms with E-state index in [0.717, 1.165) is 29.8 Å². The quantitative estimate of drug-likeness (QED) is 0.430. The number of anilines is 1. The molecule has 0 aromatic heterocycles. The second kappa shape index (κ2) is 9.25. The van der Waals surface area contributed by atoms with Crippen molar-refractivity contribution < 1.29 is 14.3 Å². The normalized spacial score (nSPS) is 21.0. The van der Waals surface area contributed by atoms with Gasteiger partial charge in [0.05, 0.1) is 22.2 Å². The molecule has 2 saturated heterocycles. The number of hydrogen-bond donors (Lipinski definition) is 0. The average molecular weight is 443 g/mol. The zero-order valence-corrected chi connectivity index (χ0v) is 18.5. The first-order chi connectivity index (χ1) is 14.6. The van der Waals surface area contributed by atoms with Crippen molar-refractivity contribution in [2.45, 2.75) is 26.4 Å². The third kappa shape index (κ3) is 4.72. The van der Waals surface area contributed by atoms with Gasteiger partial charge in [-0.05, 0) is 60.5 Å². The summed E-state index contributed by atoms with van der Waals surface area (Å²) in [5, 5.41) is 1.22. The maximum absolute atomic E-state index is 13.3. The van der Waals surface area contributed by atoms with Gasteiger partial charge in [0.2, 0.25) is 0 Å². The van der Waals surface area contributed by atoms with Crippen molar-refractivity contribution in [2.75, 3.05) is 24.7 Å². The van der Waals surface area contributed by atoms with Crippen LogP contribution in [0.5, 0.6) is 5.75 Å². The molecule has 0 saturated carbocycles. The highest BCUT2D eigenvalue weighted by molar-refractivity contribution is 8.19. The summed E-state index contributed by atoms with van der Waals surface area (Å²) in [6.45, 7) is 5.98. The zero-order chi connectivity index (χ0) is 21.1. The van der Waals surface area contributed by atoms with Gasteiger partial charge in [-0.3, -0.25) is 14.7 Å². The highest BCUT2D eigenvalue weighted by Gasteiger charge is 2.35. The van der Waals surface area contributed by atoms with E-state index in [1.807, 2.05) is 55.5 Å². The predicted octanol–water partition coefficient (Wildman–Crippen LogP) is 5.31. The van der Waals surface area contributed by atoms with Gasteiger partial charge in [-0.2, -0.15) is 0 Å². The molecule has 2 heterocycles. The lowest BCUT2D eigenvalue weighted by molar-refractivity contribution is -0.113. The van der Waals surface area contributed by atoms with Gasteiger partial charge in [-0.1, -0.05) is 42.8 Å². The van der Waals surface area contributed by atoms with E-state index in [-0.39, 0.29) is 12.0 Å². The van der Waals surface area contributed by atoms with Crippen molar-refractivity contribution in [3.63, 3.8) is 0 Å². The standard InChI is InChI=1S/C23H23ClN2O3S/c1-3-10-25-23-26(19-7-5-4-6-15(19)2)22(27)21(30-23)12-16-8-9-20(18(24)11-16)29-14-17-13-28-17/h4-9,11-12,17H,3,10,13-14H2,1-2H3/b21-12-,25-23+/t17-/m0/s1. The summed E-state index contributed by atoms with van der Waals surface area (Å²) in [6.07, 6.45) is 2.94. The number of carbonyl (C=O) groups excluding carboxylic acids is 1. The number of carbonyl (C=O) groups is 1. The first kappa shape index (κ1) is 21.0. The number of amides is 1. The average Bonchev–Trinajstić information content (AvgIpc) is 3.51. The van der Waals surface area contributed by atoms with Gasteiger partial charge < -0.3 is 9.47 Å². The van der Waals surface area contributed by atoms with Crippen LogP contribution in [0.3, 0.4) is 0 Å². The van der Waals surface area contributed by atoms with E-state index in [4.69, 9.17) is 21.1 Å². The lowest BCUT2D eigenvalue weighted by atomic mass is 10.1. The minimum atomic E-state index is -0.0773. The first-order valence-electron chi connectivity index (χ1n) is 9.95. The molecule has 0 spiro atoms. The molecule has 0 bridgehead atoms. The van der Waals surface area contributed by atoms with E-state index in [9.17, 15) is 4.79 Å². The van der Waals surface area contributed by atoms with Crippen molar-refractivity contribution in [1.82, 2.24) is 0 Å². The summed E-state index contributed by atoms with van der Waals surface area (Å²) in [5.74, 6) is 0.540. The smallest absolute Gasteiger partial charge is 0.271 e. The molecule has 0 N–H and O–H groups in total.